The summed E-state index contributed by atoms with van der Waals surface area (Å²) in [5, 5.41) is 2.57. The summed E-state index contributed by atoms with van der Waals surface area (Å²) in [6, 6.07) is 3.11. The van der Waals surface area contributed by atoms with E-state index in [1.165, 1.54) is 11.0 Å². The molecular weight excluding hydrogens is 379 g/mol. The normalized spacial score (nSPS) is 24.1. The van der Waals surface area contributed by atoms with Crippen LogP contribution in [0.25, 0.3) is 0 Å². The number of nitrogens with one attached hydrogen (secondary N) is 1. The number of benzene rings is 1. The smallest absolute Gasteiger partial charge is 0.340 e. The van der Waals surface area contributed by atoms with Crippen LogP contribution in [0.15, 0.2) is 18.2 Å². The summed E-state index contributed by atoms with van der Waals surface area (Å²) in [6.07, 6.45) is 0.357. The Hall–Kier alpha value is -2.49. The molecule has 0 bridgehead atoms. The zero-order valence-corrected chi connectivity index (χ0v) is 15.4. The highest BCUT2D eigenvalue weighted by Crippen LogP contribution is 2.27. The van der Waals surface area contributed by atoms with Gasteiger partial charge < -0.3 is 15.0 Å². The van der Waals surface area contributed by atoms with E-state index in [4.69, 9.17) is 0 Å². The fourth-order valence-electron chi connectivity index (χ4n) is 3.40. The van der Waals surface area contributed by atoms with E-state index in [9.17, 15) is 27.2 Å². The third-order valence-corrected chi connectivity index (χ3v) is 6.57. The molecule has 0 radical (unpaired) electrons. The molecule has 1 aromatic carbocycles. The van der Waals surface area contributed by atoms with E-state index in [1.54, 1.807) is 0 Å². The van der Waals surface area contributed by atoms with Crippen molar-refractivity contribution in [1.82, 2.24) is 4.90 Å². The van der Waals surface area contributed by atoms with E-state index < -0.39 is 39.5 Å². The largest absolute Gasteiger partial charge is 0.465 e. The topological polar surface area (TPSA) is 110 Å². The molecule has 0 aliphatic carbocycles. The Bertz CT molecular complexity index is 901. The Kier molecular flexibility index (Phi) is 5.18. The number of hydrogen-bond donors (Lipinski definition) is 1. The molecule has 2 saturated heterocycles. The first-order chi connectivity index (χ1) is 12.7. The van der Waals surface area contributed by atoms with Crippen LogP contribution in [0, 0.1) is 11.7 Å². The molecule has 1 aromatic rings. The number of likely N-dealkylation sites (tertiary alicyclic amines) is 1. The van der Waals surface area contributed by atoms with E-state index in [0.717, 1.165) is 19.2 Å². The minimum atomic E-state index is -3.14. The lowest BCUT2D eigenvalue weighted by Crippen LogP contribution is -2.38. The third-order valence-electron chi connectivity index (χ3n) is 4.82. The van der Waals surface area contributed by atoms with Crippen LogP contribution in [-0.2, 0) is 24.2 Å². The predicted molar refractivity (Wildman–Crippen MR) is 93.2 cm³/mol. The number of carbonyl (C=O) groups excluding carboxylic acids is 3. The molecule has 2 heterocycles. The molecule has 2 amide bonds. The summed E-state index contributed by atoms with van der Waals surface area (Å²) < 4.78 is 41.4. The molecule has 3 rings (SSSR count). The van der Waals surface area contributed by atoms with Gasteiger partial charge in [0.15, 0.2) is 9.84 Å². The average Bonchev–Trinajstić information content (AvgIpc) is 3.18. The lowest BCUT2D eigenvalue weighted by Gasteiger charge is -2.22. The van der Waals surface area contributed by atoms with Crippen LogP contribution in [-0.4, -0.2) is 62.3 Å². The Morgan fingerprint density at radius 3 is 2.70 bits per heavy atom. The number of amides is 2. The second-order valence-electron chi connectivity index (χ2n) is 6.68. The van der Waals surface area contributed by atoms with E-state index in [2.05, 4.69) is 10.1 Å². The number of ether oxygens (including phenoxy) is 1. The van der Waals surface area contributed by atoms with Crippen molar-refractivity contribution in [3.63, 3.8) is 0 Å². The van der Waals surface area contributed by atoms with Gasteiger partial charge in [0.2, 0.25) is 11.8 Å². The molecule has 0 spiro atoms. The van der Waals surface area contributed by atoms with Gasteiger partial charge in [-0.1, -0.05) is 0 Å². The van der Waals surface area contributed by atoms with Crippen LogP contribution in [0.1, 0.15) is 23.2 Å². The maximum Gasteiger partial charge on any atom is 0.340 e. The van der Waals surface area contributed by atoms with Gasteiger partial charge >= 0.3 is 5.97 Å². The number of methoxy groups -OCH3 is 1. The first-order valence-corrected chi connectivity index (χ1v) is 10.2. The van der Waals surface area contributed by atoms with Gasteiger partial charge in [-0.2, -0.15) is 0 Å². The summed E-state index contributed by atoms with van der Waals surface area (Å²) in [7, 11) is -2.02. The monoisotopic (exact) mass is 398 g/mol. The van der Waals surface area contributed by atoms with Crippen molar-refractivity contribution < 1.29 is 31.9 Å². The zero-order chi connectivity index (χ0) is 19.8. The number of esters is 1. The van der Waals surface area contributed by atoms with Gasteiger partial charge in [0.25, 0.3) is 0 Å². The van der Waals surface area contributed by atoms with Crippen LogP contribution in [0.3, 0.4) is 0 Å². The average molecular weight is 398 g/mol. The summed E-state index contributed by atoms with van der Waals surface area (Å²) in [5.41, 5.74) is -0.105. The summed E-state index contributed by atoms with van der Waals surface area (Å²) in [4.78, 5) is 37.7. The van der Waals surface area contributed by atoms with Crippen molar-refractivity contribution in [3.8, 4) is 0 Å². The Labute approximate surface area is 155 Å². The predicted octanol–water partition coefficient (Wildman–Crippen LogP) is 0.586. The fourth-order valence-corrected chi connectivity index (χ4v) is 5.13. The van der Waals surface area contributed by atoms with Crippen molar-refractivity contribution in [2.75, 3.05) is 30.5 Å². The molecule has 2 atom stereocenters. The van der Waals surface area contributed by atoms with Gasteiger partial charge in [-0.15, -0.1) is 0 Å². The highest BCUT2D eigenvalue weighted by atomic mass is 32.2. The van der Waals surface area contributed by atoms with Crippen molar-refractivity contribution in [1.29, 1.82) is 0 Å². The van der Waals surface area contributed by atoms with E-state index >= 15 is 0 Å². The number of anilines is 1. The van der Waals surface area contributed by atoms with Crippen LogP contribution < -0.4 is 5.32 Å². The first-order valence-electron chi connectivity index (χ1n) is 8.39. The van der Waals surface area contributed by atoms with Gasteiger partial charge in [0.1, 0.15) is 5.82 Å². The summed E-state index contributed by atoms with van der Waals surface area (Å²) >= 11 is 0. The third kappa shape index (κ3) is 4.10. The number of halogens is 1. The molecule has 2 aliphatic heterocycles. The van der Waals surface area contributed by atoms with Crippen molar-refractivity contribution in [2.45, 2.75) is 18.9 Å². The second-order valence-corrected chi connectivity index (χ2v) is 8.91. The molecule has 146 valence electrons. The Morgan fingerprint density at radius 2 is 2.07 bits per heavy atom. The molecule has 10 heteroatoms. The van der Waals surface area contributed by atoms with Crippen molar-refractivity contribution in [2.24, 2.45) is 5.92 Å². The highest BCUT2D eigenvalue weighted by molar-refractivity contribution is 7.91. The van der Waals surface area contributed by atoms with Crippen LogP contribution in [0.2, 0.25) is 0 Å². The number of rotatable bonds is 4. The molecule has 2 fully saturated rings. The molecule has 2 aliphatic rings. The van der Waals surface area contributed by atoms with Crippen LogP contribution in [0.5, 0.6) is 0 Å². The zero-order valence-electron chi connectivity index (χ0n) is 14.6. The SMILES string of the molecule is COC(=O)c1cc(NC(=O)C2CC(=O)N(C3CCS(=O)(=O)C3)C2)ccc1F. The lowest BCUT2D eigenvalue weighted by molar-refractivity contribution is -0.129. The van der Waals surface area contributed by atoms with E-state index in [-0.39, 0.29) is 41.6 Å². The van der Waals surface area contributed by atoms with Crippen molar-refractivity contribution >= 4 is 33.3 Å². The maximum absolute atomic E-state index is 13.7. The number of nitrogens with zero attached hydrogens (tertiary/aromatic N) is 1. The first kappa shape index (κ1) is 19.3. The molecule has 8 nitrogen and oxygen atoms in total. The van der Waals surface area contributed by atoms with Gasteiger partial charge in [-0.3, -0.25) is 9.59 Å². The van der Waals surface area contributed by atoms with Crippen LogP contribution >= 0.6 is 0 Å². The second kappa shape index (κ2) is 7.26. The molecule has 2 unspecified atom stereocenters. The minimum Gasteiger partial charge on any atom is -0.465 e. The Balaban J connectivity index is 1.67. The molecule has 0 saturated carbocycles. The molecule has 27 heavy (non-hydrogen) atoms. The van der Waals surface area contributed by atoms with Gasteiger partial charge in [-0.05, 0) is 24.6 Å². The standard InChI is InChI=1S/C17H19FN2O6S/c1-26-17(23)13-7-11(2-3-14(13)18)19-16(22)10-6-15(21)20(8-10)12-4-5-27(24,25)9-12/h2-3,7,10,12H,4-6,8-9H2,1H3,(H,19,22). The maximum atomic E-state index is 13.7. The summed E-state index contributed by atoms with van der Waals surface area (Å²) in [5.74, 6) is -3.02. The number of hydrogen-bond acceptors (Lipinski definition) is 6. The van der Waals surface area contributed by atoms with Gasteiger partial charge in [0.05, 0.1) is 30.1 Å². The minimum absolute atomic E-state index is 0.0204. The van der Waals surface area contributed by atoms with E-state index in [0.29, 0.717) is 6.42 Å². The Morgan fingerprint density at radius 1 is 1.33 bits per heavy atom. The molecule has 0 aromatic heterocycles. The number of carbonyl (C=O) groups is 3. The lowest BCUT2D eigenvalue weighted by atomic mass is 10.1. The highest BCUT2D eigenvalue weighted by Gasteiger charge is 2.41. The van der Waals surface area contributed by atoms with E-state index in [1.807, 2.05) is 0 Å². The quantitative estimate of drug-likeness (QED) is 0.744. The molecule has 1 N–H and O–H groups in total. The van der Waals surface area contributed by atoms with Crippen LogP contribution in [0.4, 0.5) is 10.1 Å². The fraction of sp³-hybridized carbons (Fsp3) is 0.471. The molecular formula is C17H19FN2O6S. The van der Waals surface area contributed by atoms with Gasteiger partial charge in [0, 0.05) is 24.7 Å². The van der Waals surface area contributed by atoms with Crippen molar-refractivity contribution in [3.05, 3.63) is 29.6 Å². The summed E-state index contributed by atoms with van der Waals surface area (Å²) in [6.45, 7) is 0.135. The van der Waals surface area contributed by atoms with Gasteiger partial charge in [-0.25, -0.2) is 17.6 Å². The number of sulfone groups is 1.